The Kier molecular flexibility index (Phi) is 24.3. The second-order valence-electron chi connectivity index (χ2n) is 37.5. The van der Waals surface area contributed by atoms with E-state index < -0.39 is 47.5 Å². The third kappa shape index (κ3) is 18.6. The zero-order chi connectivity index (χ0) is 86.5. The maximum absolute atomic E-state index is 14.0. The number of carbonyl (C=O) groups excluding carboxylic acids is 8. The number of nitrogens with zero attached hydrogens (tertiary/aromatic N) is 4. The van der Waals surface area contributed by atoms with Gasteiger partial charge in [-0.15, -0.1) is 0 Å². The highest BCUT2D eigenvalue weighted by atomic mass is 16.6. The molecule has 0 radical (unpaired) electrons. The molecule has 0 spiro atoms. The Labute approximate surface area is 702 Å². The van der Waals surface area contributed by atoms with Crippen molar-refractivity contribution in [2.45, 2.75) is 190 Å². The molecule has 0 saturated heterocycles. The summed E-state index contributed by atoms with van der Waals surface area (Å²) in [6.45, 7) is 41.6. The molecule has 624 valence electrons. The number of hydrogen-bond acceptors (Lipinski definition) is 16. The number of aromatic amines is 2. The molecule has 4 aliphatic heterocycles. The second-order valence-corrected chi connectivity index (χ2v) is 37.5. The Morgan fingerprint density at radius 1 is 0.333 bits per heavy atom. The van der Waals surface area contributed by atoms with E-state index in [1.165, 1.54) is 57.6 Å². The van der Waals surface area contributed by atoms with Crippen LogP contribution in [0, 0.1) is 0 Å². The first-order chi connectivity index (χ1) is 56.5. The van der Waals surface area contributed by atoms with Crippen molar-refractivity contribution in [1.29, 1.82) is 0 Å². The minimum absolute atomic E-state index is 0.0265. The van der Waals surface area contributed by atoms with Gasteiger partial charge >= 0.3 is 23.9 Å². The summed E-state index contributed by atoms with van der Waals surface area (Å²) < 4.78 is 32.8. The molecule has 0 saturated carbocycles. The van der Waals surface area contributed by atoms with Crippen molar-refractivity contribution in [2.24, 2.45) is 0 Å². The van der Waals surface area contributed by atoms with Crippen molar-refractivity contribution in [3.05, 3.63) is 206 Å². The van der Waals surface area contributed by atoms with E-state index in [0.717, 1.165) is 87.9 Å². The fourth-order valence-corrected chi connectivity index (χ4v) is 15.3. The van der Waals surface area contributed by atoms with Crippen molar-refractivity contribution in [1.82, 2.24) is 29.7 Å². The number of carbonyl (C=O) groups is 8. The van der Waals surface area contributed by atoms with Crippen molar-refractivity contribution in [2.75, 3.05) is 59.3 Å². The molecule has 3 aromatic heterocycles. The highest BCUT2D eigenvalue weighted by Crippen LogP contribution is 2.46. The molecule has 0 fully saturated rings. The van der Waals surface area contributed by atoms with Gasteiger partial charge in [-0.3, -0.25) is 48.2 Å². The number of aromatic nitrogens is 4. The van der Waals surface area contributed by atoms with Crippen LogP contribution in [0.4, 0.5) is 0 Å². The van der Waals surface area contributed by atoms with Gasteiger partial charge in [-0.25, -0.2) is 9.97 Å². The molecule has 13 rings (SSSR count). The highest BCUT2D eigenvalue weighted by Gasteiger charge is 2.40. The summed E-state index contributed by atoms with van der Waals surface area (Å²) in [6.07, 6.45) is 7.61. The van der Waals surface area contributed by atoms with Gasteiger partial charge in [0.05, 0.1) is 94.6 Å². The van der Waals surface area contributed by atoms with Crippen LogP contribution in [0.5, 0.6) is 5.75 Å². The molecule has 0 aliphatic carbocycles. The van der Waals surface area contributed by atoms with E-state index in [-0.39, 0.29) is 156 Å². The SMILES string of the molecule is CCOC(=O)CCC(=O)OCCOCCN1C(=O)c2ccc3c4c(ccc(c24)C1=O)C(=O)N(CCOCCOC(=O)CCC(=O)Oc1cccc(-c2c4nc(c(-c5cc(C(C)(C)C)cc(C(C)(C)C)c5)c5ccc([nH]5)c(-c5cc(C(C)(C)C)cc(C(C)(C)C)c5)c5nc(c(-c6cc(C(C)(C)C)cc(C(C)(C)C)c6)c6ccc2[nH]6)C=C5)C=C4)c1)C3=O. The van der Waals surface area contributed by atoms with Crippen LogP contribution in [0.2, 0.25) is 0 Å². The summed E-state index contributed by atoms with van der Waals surface area (Å²) in [5, 5.41) is 0.404. The van der Waals surface area contributed by atoms with Crippen LogP contribution >= 0.6 is 0 Å². The first-order valence-electron chi connectivity index (χ1n) is 41.4. The lowest BCUT2D eigenvalue weighted by atomic mass is 9.78. The third-order valence-electron chi connectivity index (χ3n) is 22.3. The first kappa shape index (κ1) is 86.1. The fraction of sp³-hybridized carbons (Fsp3) is 0.380. The Morgan fingerprint density at radius 2 is 0.625 bits per heavy atom. The van der Waals surface area contributed by atoms with Crippen molar-refractivity contribution in [3.63, 3.8) is 0 Å². The minimum atomic E-state index is -0.673. The van der Waals surface area contributed by atoms with Crippen LogP contribution in [-0.4, -0.2) is 137 Å². The Morgan fingerprint density at radius 3 is 0.925 bits per heavy atom. The van der Waals surface area contributed by atoms with Gasteiger partial charge in [-0.1, -0.05) is 191 Å². The topological polar surface area (TPSA) is 256 Å². The molecule has 7 heterocycles. The molecule has 20 nitrogen and oxygen atoms in total. The number of esters is 4. The summed E-state index contributed by atoms with van der Waals surface area (Å²) in [5.41, 5.74) is 20.2. The Hall–Kier alpha value is -11.7. The Balaban J connectivity index is 0.762. The maximum atomic E-state index is 14.0. The van der Waals surface area contributed by atoms with Crippen molar-refractivity contribution >= 4 is 105 Å². The molecule has 6 aromatic carbocycles. The lowest BCUT2D eigenvalue weighted by Gasteiger charge is -2.31. The number of nitrogens with one attached hydrogen (secondary N) is 2. The first-order valence-corrected chi connectivity index (χ1v) is 41.4. The average molecular weight is 1620 g/mol. The van der Waals surface area contributed by atoms with Crippen molar-refractivity contribution in [3.8, 4) is 50.3 Å². The monoisotopic (exact) mass is 1620 g/mol. The van der Waals surface area contributed by atoms with Gasteiger partial charge in [-0.2, -0.15) is 0 Å². The number of H-pyrrole nitrogens is 2. The highest BCUT2D eigenvalue weighted by molar-refractivity contribution is 6.33. The normalized spacial score (nSPS) is 13.7. The molecule has 2 N–H and O–H groups in total. The number of fused-ring (bicyclic) bond motifs is 8. The third-order valence-corrected chi connectivity index (χ3v) is 22.3. The molecule has 4 amide bonds. The number of benzene rings is 6. The molecule has 0 unspecified atom stereocenters. The largest absolute Gasteiger partial charge is 0.466 e. The van der Waals surface area contributed by atoms with E-state index in [1.807, 2.05) is 18.2 Å². The molecular weight excluding hydrogens is 1510 g/mol. The zero-order valence-electron chi connectivity index (χ0n) is 72.6. The summed E-state index contributed by atoms with van der Waals surface area (Å²) >= 11 is 0. The van der Waals surface area contributed by atoms with Gasteiger partial charge in [0.25, 0.3) is 23.6 Å². The summed E-state index contributed by atoms with van der Waals surface area (Å²) in [6, 6.07) is 42.7. The minimum Gasteiger partial charge on any atom is -0.466 e. The van der Waals surface area contributed by atoms with Crippen LogP contribution < -0.4 is 4.74 Å². The predicted molar refractivity (Wildman–Crippen MR) is 472 cm³/mol. The van der Waals surface area contributed by atoms with Gasteiger partial charge in [0, 0.05) is 77.3 Å². The average Bonchev–Trinajstić information content (AvgIpc) is 1.14. The van der Waals surface area contributed by atoms with Gasteiger partial charge < -0.3 is 38.4 Å². The molecule has 120 heavy (non-hydrogen) atoms. The molecule has 9 aromatic rings. The molecule has 20 heteroatoms. The van der Waals surface area contributed by atoms with Gasteiger partial charge in [0.1, 0.15) is 19.0 Å². The van der Waals surface area contributed by atoms with Crippen LogP contribution in [-0.2, 0) is 75.4 Å². The van der Waals surface area contributed by atoms with Gasteiger partial charge in [0.2, 0.25) is 0 Å². The summed E-state index contributed by atoms with van der Waals surface area (Å²) in [4.78, 5) is 128. The molecule has 8 bridgehead atoms. The van der Waals surface area contributed by atoms with Gasteiger partial charge in [0.15, 0.2) is 0 Å². The van der Waals surface area contributed by atoms with Crippen LogP contribution in [0.1, 0.15) is 255 Å². The summed E-state index contributed by atoms with van der Waals surface area (Å²) in [5.74, 6) is -4.76. The number of ether oxygens (including phenoxy) is 6. The number of hydrogen-bond donors (Lipinski definition) is 2. The second kappa shape index (κ2) is 33.8. The lowest BCUT2D eigenvalue weighted by molar-refractivity contribution is -0.150. The maximum Gasteiger partial charge on any atom is 0.311 e. The van der Waals surface area contributed by atoms with Crippen LogP contribution in [0.25, 0.3) is 102 Å². The summed E-state index contributed by atoms with van der Waals surface area (Å²) in [7, 11) is 0. The van der Waals surface area contributed by atoms with E-state index >= 15 is 0 Å². The van der Waals surface area contributed by atoms with Crippen molar-refractivity contribution < 1.29 is 66.8 Å². The number of rotatable bonds is 24. The number of imide groups is 2. The molecular formula is C100H110N6O14. The smallest absolute Gasteiger partial charge is 0.311 e. The van der Waals surface area contributed by atoms with Gasteiger partial charge in [-0.05, 0) is 180 Å². The Bertz CT molecular complexity index is 5650. The van der Waals surface area contributed by atoms with E-state index in [4.69, 9.17) is 38.4 Å². The lowest BCUT2D eigenvalue weighted by Crippen LogP contribution is -2.45. The van der Waals surface area contributed by atoms with E-state index in [0.29, 0.717) is 11.3 Å². The zero-order valence-corrected chi connectivity index (χ0v) is 72.6. The predicted octanol–water partition coefficient (Wildman–Crippen LogP) is 20.3. The van der Waals surface area contributed by atoms with E-state index in [2.05, 4.69) is 238 Å². The van der Waals surface area contributed by atoms with E-state index in [1.54, 1.807) is 13.0 Å². The van der Waals surface area contributed by atoms with Crippen LogP contribution in [0.3, 0.4) is 0 Å². The molecule has 0 atom stereocenters. The van der Waals surface area contributed by atoms with E-state index in [9.17, 15) is 38.4 Å². The molecule has 4 aliphatic rings. The van der Waals surface area contributed by atoms with Crippen LogP contribution in [0.15, 0.2) is 127 Å². The number of amides is 4. The quantitative estimate of drug-likeness (QED) is 0.0187. The fourth-order valence-electron chi connectivity index (χ4n) is 15.3. The standard InChI is InChI=1S/C100H110N6O14/c1-20-117-81(107)36-37-82(108)118-46-44-115-42-40-105-91(111)69-24-26-71-90-72(27-25-70(89(69)90)92(105)112)94(114)106(93(71)113)41-43-116-45-47-119-83(109)38-39-84(110)120-68-23-21-22-58(54-68)85-73-28-30-75(101-73)86(59-48-62(95(2,3)4)55-63(49-59)96(5,6)7)77-32-34-79(103-77)88(61-52-66(99(14,15)16)57-67(53-61)100(17,18)19)80-35-33-78(104-80)87(76-31-29-74(85)102-76)60-50-64(97(8,9)10)56-65(51-60)98(11,12)13/h21-35,48-57,101,104H,20,36-47H2,1-19H3.